The molecule has 0 aliphatic heterocycles. The Labute approximate surface area is 255 Å². The highest BCUT2D eigenvalue weighted by molar-refractivity contribution is 8.76. The van der Waals surface area contributed by atoms with Crippen molar-refractivity contribution in [3.05, 3.63) is 61.2 Å². The molecule has 12 heteroatoms. The molecule has 0 aliphatic carbocycles. The first-order valence-electron chi connectivity index (χ1n) is 13.3. The first-order chi connectivity index (χ1) is 20.1. The lowest BCUT2D eigenvalue weighted by atomic mass is 10.3. The Hall–Kier alpha value is -3.06. The third-order valence-corrected chi connectivity index (χ3v) is 10.5. The van der Waals surface area contributed by atoms with Crippen LogP contribution in [0.25, 0.3) is 45.4 Å². The number of aryl methyl sites for hydroxylation is 2. The van der Waals surface area contributed by atoms with Gasteiger partial charge in [-0.05, 0) is 54.8 Å². The lowest BCUT2D eigenvalue weighted by Crippen LogP contribution is -2.01. The third kappa shape index (κ3) is 5.57. The van der Waals surface area contributed by atoms with Crippen LogP contribution in [-0.2, 0) is 13.6 Å². The molecule has 6 aromatic rings. The maximum absolute atomic E-state index is 4.98. The molecule has 0 bridgehead atoms. The smallest absolute Gasteiger partial charge is 0.162 e. The summed E-state index contributed by atoms with van der Waals surface area (Å²) in [6, 6.07) is 12.3. The summed E-state index contributed by atoms with van der Waals surface area (Å²) in [5, 5.41) is 0. The third-order valence-electron chi connectivity index (χ3n) is 6.36. The van der Waals surface area contributed by atoms with Gasteiger partial charge in [0.2, 0.25) is 0 Å². The van der Waals surface area contributed by atoms with E-state index in [1.807, 2.05) is 48.5 Å². The van der Waals surface area contributed by atoms with E-state index in [0.29, 0.717) is 0 Å². The predicted octanol–water partition coefficient (Wildman–Crippen LogP) is 7.88. The van der Waals surface area contributed by atoms with E-state index in [9.17, 15) is 0 Å². The molecule has 41 heavy (non-hydrogen) atoms. The Morgan fingerprint density at radius 1 is 0.683 bits per heavy atom. The number of imidazole rings is 2. The Morgan fingerprint density at radius 3 is 1.80 bits per heavy atom. The number of thioether (sulfide) groups is 2. The fourth-order valence-electron chi connectivity index (χ4n) is 4.59. The fraction of sp³-hybridized carbons (Fsp3) is 0.241. The lowest BCUT2D eigenvalue weighted by molar-refractivity contribution is 0.781. The molecule has 6 aromatic heterocycles. The van der Waals surface area contributed by atoms with Crippen LogP contribution in [0.3, 0.4) is 0 Å². The topological polar surface area (TPSA) is 87.2 Å². The average Bonchev–Trinajstić information content (AvgIpc) is 3.53. The molecule has 6 heterocycles. The summed E-state index contributed by atoms with van der Waals surface area (Å²) in [4.78, 5) is 33.1. The zero-order valence-corrected chi connectivity index (χ0v) is 26.4. The molecular weight excluding hydrogens is 589 g/mol. The van der Waals surface area contributed by atoms with Crippen molar-refractivity contribution in [1.82, 2.24) is 39.0 Å². The fourth-order valence-corrected chi connectivity index (χ4v) is 7.95. The minimum absolute atomic E-state index is 0.766. The molecular formula is C29H28N8S4. The summed E-state index contributed by atoms with van der Waals surface area (Å²) in [6.45, 7) is 7.17. The summed E-state index contributed by atoms with van der Waals surface area (Å²) < 4.78 is 4.16. The molecule has 6 rings (SSSR count). The van der Waals surface area contributed by atoms with Crippen molar-refractivity contribution >= 4 is 67.4 Å². The molecule has 0 fully saturated rings. The van der Waals surface area contributed by atoms with Crippen LogP contribution >= 0.6 is 45.1 Å². The van der Waals surface area contributed by atoms with E-state index in [2.05, 4.69) is 59.6 Å². The van der Waals surface area contributed by atoms with Crippen LogP contribution in [0, 0.1) is 0 Å². The quantitative estimate of drug-likeness (QED) is 0.112. The van der Waals surface area contributed by atoms with Crippen molar-refractivity contribution < 1.29 is 0 Å². The summed E-state index contributed by atoms with van der Waals surface area (Å²) in [5.74, 6) is 3.63. The van der Waals surface area contributed by atoms with Crippen molar-refractivity contribution in [2.75, 3.05) is 11.5 Å². The van der Waals surface area contributed by atoms with Gasteiger partial charge in [-0.3, -0.25) is 9.97 Å². The van der Waals surface area contributed by atoms with Crippen molar-refractivity contribution in [2.45, 2.75) is 46.9 Å². The van der Waals surface area contributed by atoms with Crippen molar-refractivity contribution in [2.24, 2.45) is 7.05 Å². The first kappa shape index (κ1) is 28.1. The number of rotatable bonds is 10. The molecule has 0 N–H and O–H groups in total. The van der Waals surface area contributed by atoms with E-state index in [-0.39, 0.29) is 0 Å². The van der Waals surface area contributed by atoms with Crippen LogP contribution in [0.2, 0.25) is 0 Å². The normalized spacial score (nSPS) is 11.6. The van der Waals surface area contributed by atoms with E-state index in [1.54, 1.807) is 45.1 Å². The highest BCUT2D eigenvalue weighted by Gasteiger charge is 2.19. The Balaban J connectivity index is 1.26. The van der Waals surface area contributed by atoms with Gasteiger partial charge in [-0.15, -0.1) is 23.5 Å². The highest BCUT2D eigenvalue weighted by Crippen LogP contribution is 2.40. The maximum atomic E-state index is 4.98. The number of pyridine rings is 4. The van der Waals surface area contributed by atoms with Gasteiger partial charge in [0.25, 0.3) is 0 Å². The molecule has 208 valence electrons. The molecule has 0 amide bonds. The molecule has 0 aromatic carbocycles. The largest absolute Gasteiger partial charge is 0.310 e. The minimum Gasteiger partial charge on any atom is -0.310 e. The van der Waals surface area contributed by atoms with E-state index in [0.717, 1.165) is 83.0 Å². The zero-order chi connectivity index (χ0) is 28.3. The van der Waals surface area contributed by atoms with Gasteiger partial charge in [-0.2, -0.15) is 0 Å². The van der Waals surface area contributed by atoms with Crippen LogP contribution in [0.5, 0.6) is 0 Å². The Kier molecular flexibility index (Phi) is 8.52. The number of nitrogens with zero attached hydrogens (tertiary/aromatic N) is 8. The van der Waals surface area contributed by atoms with Gasteiger partial charge in [0.05, 0.1) is 0 Å². The van der Waals surface area contributed by atoms with Gasteiger partial charge in [0.15, 0.2) is 22.9 Å². The monoisotopic (exact) mass is 616 g/mol. The average molecular weight is 617 g/mol. The minimum atomic E-state index is 0.766. The van der Waals surface area contributed by atoms with E-state index < -0.39 is 0 Å². The summed E-state index contributed by atoms with van der Waals surface area (Å²) >= 11 is 3.55. The van der Waals surface area contributed by atoms with Crippen LogP contribution in [0.4, 0.5) is 0 Å². The van der Waals surface area contributed by atoms with Crippen LogP contribution < -0.4 is 0 Å². The van der Waals surface area contributed by atoms with Gasteiger partial charge in [-0.1, -0.05) is 35.4 Å². The molecule has 0 unspecified atom stereocenters. The lowest BCUT2D eigenvalue weighted by Gasteiger charge is -2.08. The highest BCUT2D eigenvalue weighted by atomic mass is 33.1. The SMILES string of the molecule is CCSc1cccnc1-c1nc2cc(SSc3cnc4c(c3)nc(-c3ncccc3SCC)n4CC)cnc2n1C. The van der Waals surface area contributed by atoms with Gasteiger partial charge < -0.3 is 9.13 Å². The second kappa shape index (κ2) is 12.4. The van der Waals surface area contributed by atoms with Crippen molar-refractivity contribution in [3.8, 4) is 23.0 Å². The molecule has 0 aliphatic rings. The van der Waals surface area contributed by atoms with Crippen molar-refractivity contribution in [1.29, 1.82) is 0 Å². The number of hydrogen-bond donors (Lipinski definition) is 0. The number of hydrogen-bond acceptors (Lipinski definition) is 10. The zero-order valence-electron chi connectivity index (χ0n) is 23.1. The van der Waals surface area contributed by atoms with Crippen LogP contribution in [0.1, 0.15) is 20.8 Å². The van der Waals surface area contributed by atoms with E-state index in [1.165, 1.54) is 0 Å². The predicted molar refractivity (Wildman–Crippen MR) is 173 cm³/mol. The van der Waals surface area contributed by atoms with Gasteiger partial charge in [0, 0.05) is 58.0 Å². The Morgan fingerprint density at radius 2 is 1.22 bits per heavy atom. The van der Waals surface area contributed by atoms with Gasteiger partial charge >= 0.3 is 0 Å². The molecule has 0 atom stereocenters. The molecule has 0 saturated carbocycles. The molecule has 0 saturated heterocycles. The molecule has 8 nitrogen and oxygen atoms in total. The van der Waals surface area contributed by atoms with Crippen LogP contribution in [-0.4, -0.2) is 50.5 Å². The standard InChI is InChI=1S/C29H28N8S4/c1-5-37-27-21(35-29(37)25-23(39-7-3)11-9-13-31-25)15-19(17-33-27)41-40-18-14-20-26(32-16-18)36(4)28(34-20)24-22(38-6-2)10-8-12-30-24/h8-17H,5-7H2,1-4H3. The first-order valence-corrected chi connectivity index (χ1v) is 17.4. The maximum Gasteiger partial charge on any atom is 0.162 e. The van der Waals surface area contributed by atoms with Crippen LogP contribution in [0.15, 0.2) is 80.8 Å². The summed E-state index contributed by atoms with van der Waals surface area (Å²) in [7, 11) is 5.27. The van der Waals surface area contributed by atoms with Gasteiger partial charge in [-0.25, -0.2) is 19.9 Å². The molecule has 0 spiro atoms. The van der Waals surface area contributed by atoms with Gasteiger partial charge in [0.1, 0.15) is 22.4 Å². The molecule has 0 radical (unpaired) electrons. The second-order valence-corrected chi connectivity index (χ2v) is 13.8. The number of fused-ring (bicyclic) bond motifs is 2. The Bertz CT molecular complexity index is 1850. The van der Waals surface area contributed by atoms with Crippen molar-refractivity contribution in [3.63, 3.8) is 0 Å². The summed E-state index contributed by atoms with van der Waals surface area (Å²) in [5.41, 5.74) is 5.21. The van der Waals surface area contributed by atoms with E-state index in [4.69, 9.17) is 19.9 Å². The number of aromatic nitrogens is 8. The summed E-state index contributed by atoms with van der Waals surface area (Å²) in [6.07, 6.45) is 7.46. The second-order valence-electron chi connectivity index (χ2n) is 8.93. The van der Waals surface area contributed by atoms with E-state index >= 15 is 0 Å².